The molecule has 0 unspecified atom stereocenters. The third-order valence-electron chi connectivity index (χ3n) is 5.19. The number of aromatic amines is 1. The van der Waals surface area contributed by atoms with Crippen LogP contribution >= 0.6 is 0 Å². The highest BCUT2D eigenvalue weighted by atomic mass is 16.3. The van der Waals surface area contributed by atoms with E-state index in [4.69, 9.17) is 0 Å². The van der Waals surface area contributed by atoms with Crippen molar-refractivity contribution in [2.24, 2.45) is 0 Å². The number of nitrogens with one attached hydrogen (secondary N) is 1. The van der Waals surface area contributed by atoms with Gasteiger partial charge in [0.1, 0.15) is 5.75 Å². The van der Waals surface area contributed by atoms with Gasteiger partial charge in [-0.3, -0.25) is 4.79 Å². The van der Waals surface area contributed by atoms with Gasteiger partial charge in [0.25, 0.3) is 5.56 Å². The van der Waals surface area contributed by atoms with Crippen molar-refractivity contribution in [3.8, 4) is 17.0 Å². The number of pyridine rings is 1. The van der Waals surface area contributed by atoms with Crippen LogP contribution in [0.3, 0.4) is 0 Å². The first-order valence-corrected chi connectivity index (χ1v) is 8.90. The van der Waals surface area contributed by atoms with Crippen LogP contribution in [0.25, 0.3) is 11.3 Å². The minimum absolute atomic E-state index is 0.0762. The Bertz CT molecular complexity index is 741. The highest BCUT2D eigenvalue weighted by Gasteiger charge is 2.19. The number of rotatable bonds is 4. The molecular weight excluding hydrogens is 300 g/mol. The fourth-order valence-corrected chi connectivity index (χ4v) is 3.68. The van der Waals surface area contributed by atoms with Crippen molar-refractivity contribution in [3.05, 3.63) is 51.8 Å². The molecule has 3 rings (SSSR count). The summed E-state index contributed by atoms with van der Waals surface area (Å²) in [6, 6.07) is 9.71. The number of likely N-dealkylation sites (tertiary alicyclic amines) is 1. The molecule has 2 aromatic rings. The molecule has 1 aliphatic rings. The van der Waals surface area contributed by atoms with Crippen LogP contribution in [-0.4, -0.2) is 34.6 Å². The predicted octanol–water partition coefficient (Wildman–Crippen LogP) is 3.51. The fraction of sp³-hybridized carbons (Fsp3) is 0.450. The molecule has 24 heavy (non-hydrogen) atoms. The minimum atomic E-state index is -0.268. The maximum absolute atomic E-state index is 11.7. The summed E-state index contributed by atoms with van der Waals surface area (Å²) >= 11 is 0. The lowest BCUT2D eigenvalue weighted by Gasteiger charge is -2.31. The molecular formula is C20H26N2O2. The van der Waals surface area contributed by atoms with Crippen molar-refractivity contribution < 1.29 is 5.11 Å². The summed E-state index contributed by atoms with van der Waals surface area (Å²) < 4.78 is 0. The first kappa shape index (κ1) is 16.8. The monoisotopic (exact) mass is 326 g/mol. The summed E-state index contributed by atoms with van der Waals surface area (Å²) in [6.45, 7) is 7.67. The van der Waals surface area contributed by atoms with E-state index in [-0.39, 0.29) is 11.3 Å². The van der Waals surface area contributed by atoms with Gasteiger partial charge >= 0.3 is 0 Å². The summed E-state index contributed by atoms with van der Waals surface area (Å²) in [4.78, 5) is 17.1. The molecule has 4 heteroatoms. The Hall–Kier alpha value is -2.07. The second-order valence-electron chi connectivity index (χ2n) is 6.56. The van der Waals surface area contributed by atoms with E-state index in [1.165, 1.54) is 37.6 Å². The van der Waals surface area contributed by atoms with Gasteiger partial charge in [0.15, 0.2) is 0 Å². The van der Waals surface area contributed by atoms with Crippen LogP contribution in [-0.2, 0) is 6.42 Å². The molecule has 1 aromatic heterocycles. The summed E-state index contributed by atoms with van der Waals surface area (Å²) in [5.74, 6) is 0.697. The second kappa shape index (κ2) is 7.22. The van der Waals surface area contributed by atoms with Gasteiger partial charge in [-0.15, -0.1) is 0 Å². The number of piperidine rings is 1. The minimum Gasteiger partial charge on any atom is -0.507 e. The quantitative estimate of drug-likeness (QED) is 0.904. The fourth-order valence-electron chi connectivity index (χ4n) is 3.68. The van der Waals surface area contributed by atoms with Crippen LogP contribution in [0.15, 0.2) is 35.1 Å². The van der Waals surface area contributed by atoms with Gasteiger partial charge in [-0.1, -0.05) is 38.1 Å². The van der Waals surface area contributed by atoms with Gasteiger partial charge < -0.3 is 15.0 Å². The average Bonchev–Trinajstić information content (AvgIpc) is 2.61. The molecule has 1 aromatic carbocycles. The molecule has 0 radical (unpaired) electrons. The van der Waals surface area contributed by atoms with E-state index in [1.54, 1.807) is 0 Å². The molecule has 2 heterocycles. The smallest absolute Gasteiger partial charge is 0.252 e. The number of hydrogen-bond acceptors (Lipinski definition) is 3. The average molecular weight is 326 g/mol. The first-order valence-electron chi connectivity index (χ1n) is 8.90. The Morgan fingerprint density at radius 3 is 2.42 bits per heavy atom. The lowest BCUT2D eigenvalue weighted by molar-refractivity contribution is 0.222. The van der Waals surface area contributed by atoms with Crippen molar-refractivity contribution in [3.63, 3.8) is 0 Å². The van der Waals surface area contributed by atoms with Gasteiger partial charge in [-0.05, 0) is 55.9 Å². The predicted molar refractivity (Wildman–Crippen MR) is 97.6 cm³/mol. The highest BCUT2D eigenvalue weighted by Crippen LogP contribution is 2.31. The molecule has 0 atom stereocenters. The molecule has 0 spiro atoms. The zero-order chi connectivity index (χ0) is 17.1. The van der Waals surface area contributed by atoms with Crippen LogP contribution in [0.5, 0.6) is 5.75 Å². The summed E-state index contributed by atoms with van der Waals surface area (Å²) in [6.07, 6.45) is 3.09. The number of benzene rings is 1. The third-order valence-corrected chi connectivity index (χ3v) is 5.19. The normalized spacial score (nSPS) is 16.4. The highest BCUT2D eigenvalue weighted by molar-refractivity contribution is 5.66. The molecule has 1 fully saturated rings. The molecule has 2 N–H and O–H groups in total. The summed E-state index contributed by atoms with van der Waals surface area (Å²) in [5.41, 5.74) is 3.58. The lowest BCUT2D eigenvalue weighted by Crippen LogP contribution is -2.32. The lowest BCUT2D eigenvalue weighted by atomic mass is 9.88. The Kier molecular flexibility index (Phi) is 5.05. The summed E-state index contributed by atoms with van der Waals surface area (Å²) in [7, 11) is 0. The van der Waals surface area contributed by atoms with E-state index in [1.807, 2.05) is 6.92 Å². The maximum Gasteiger partial charge on any atom is 0.252 e. The van der Waals surface area contributed by atoms with Crippen LogP contribution < -0.4 is 5.56 Å². The largest absolute Gasteiger partial charge is 0.507 e. The maximum atomic E-state index is 11.7. The molecule has 0 amide bonds. The number of aromatic hydroxyl groups is 1. The molecule has 0 bridgehead atoms. The Morgan fingerprint density at radius 2 is 1.83 bits per heavy atom. The molecule has 0 aliphatic carbocycles. The SMILES string of the molecule is CCc1c(O)cc(=O)[nH]c1-c1ccc(C2CCN(CC)CC2)cc1. The van der Waals surface area contributed by atoms with E-state index in [0.717, 1.165) is 23.4 Å². The number of aromatic nitrogens is 1. The summed E-state index contributed by atoms with van der Waals surface area (Å²) in [5, 5.41) is 10.0. The van der Waals surface area contributed by atoms with E-state index in [2.05, 4.69) is 41.1 Å². The molecule has 128 valence electrons. The van der Waals surface area contributed by atoms with Gasteiger partial charge in [0.05, 0.1) is 5.69 Å². The molecule has 1 saturated heterocycles. The van der Waals surface area contributed by atoms with Crippen molar-refractivity contribution in [2.45, 2.75) is 39.0 Å². The number of hydrogen-bond donors (Lipinski definition) is 2. The van der Waals surface area contributed by atoms with E-state index < -0.39 is 0 Å². The van der Waals surface area contributed by atoms with E-state index >= 15 is 0 Å². The third kappa shape index (κ3) is 3.39. The van der Waals surface area contributed by atoms with E-state index in [0.29, 0.717) is 12.3 Å². The van der Waals surface area contributed by atoms with Crippen LogP contribution in [0.2, 0.25) is 0 Å². The standard InChI is InChI=1S/C20H26N2O2/c1-3-17-18(23)13-19(24)21-20(17)16-7-5-14(6-8-16)15-9-11-22(4-2)12-10-15/h5-8,13,15H,3-4,9-12H2,1-2H3,(H2,21,23,24). The zero-order valence-corrected chi connectivity index (χ0v) is 14.5. The first-order chi connectivity index (χ1) is 11.6. The molecule has 1 aliphatic heterocycles. The second-order valence-corrected chi connectivity index (χ2v) is 6.56. The van der Waals surface area contributed by atoms with Crippen LogP contribution in [0.1, 0.15) is 43.7 Å². The van der Waals surface area contributed by atoms with Crippen molar-refractivity contribution >= 4 is 0 Å². The van der Waals surface area contributed by atoms with E-state index in [9.17, 15) is 9.90 Å². The molecule has 0 saturated carbocycles. The van der Waals surface area contributed by atoms with Crippen molar-refractivity contribution in [1.29, 1.82) is 0 Å². The molecule has 4 nitrogen and oxygen atoms in total. The van der Waals surface area contributed by atoms with Gasteiger partial charge in [0.2, 0.25) is 0 Å². The van der Waals surface area contributed by atoms with Gasteiger partial charge in [-0.2, -0.15) is 0 Å². The Morgan fingerprint density at radius 1 is 1.17 bits per heavy atom. The van der Waals surface area contributed by atoms with Gasteiger partial charge in [-0.25, -0.2) is 0 Å². The Labute approximate surface area is 143 Å². The number of H-pyrrole nitrogens is 1. The van der Waals surface area contributed by atoms with Crippen LogP contribution in [0, 0.1) is 0 Å². The zero-order valence-electron chi connectivity index (χ0n) is 14.5. The topological polar surface area (TPSA) is 56.3 Å². The Balaban J connectivity index is 1.84. The van der Waals surface area contributed by atoms with Crippen LogP contribution in [0.4, 0.5) is 0 Å². The van der Waals surface area contributed by atoms with Crippen molar-refractivity contribution in [1.82, 2.24) is 9.88 Å². The van der Waals surface area contributed by atoms with Gasteiger partial charge in [0, 0.05) is 11.6 Å². The van der Waals surface area contributed by atoms with Crippen molar-refractivity contribution in [2.75, 3.05) is 19.6 Å². The number of nitrogens with zero attached hydrogens (tertiary/aromatic N) is 1.